The van der Waals surface area contributed by atoms with Crippen molar-refractivity contribution in [2.45, 2.75) is 6.42 Å². The Morgan fingerprint density at radius 3 is 2.58 bits per heavy atom. The molecule has 0 bridgehead atoms. The molecule has 2 aromatic carbocycles. The second-order valence-electron chi connectivity index (χ2n) is 7.95. The van der Waals surface area contributed by atoms with E-state index >= 15 is 0 Å². The number of nitrogens with one attached hydrogen (secondary N) is 1. The van der Waals surface area contributed by atoms with Crippen LogP contribution in [0.3, 0.4) is 0 Å². The van der Waals surface area contributed by atoms with E-state index in [4.69, 9.17) is 15.0 Å². The number of nitriles is 1. The SMILES string of the molecule is COc1ccc(-c2c(C(=O)ON=O)cc(N3CCCNCC3)nc2-c2ccc(C#N)c(F)c2)cc1F. The molecule has 1 aliphatic heterocycles. The molecule has 11 heteroatoms. The van der Waals surface area contributed by atoms with Gasteiger partial charge in [0.1, 0.15) is 17.7 Å². The highest BCUT2D eigenvalue weighted by atomic mass is 19.1. The maximum atomic E-state index is 14.7. The van der Waals surface area contributed by atoms with Gasteiger partial charge in [0.2, 0.25) is 0 Å². The fourth-order valence-corrected chi connectivity index (χ4v) is 4.09. The Balaban J connectivity index is 2.02. The molecule has 0 spiro atoms. The van der Waals surface area contributed by atoms with Crippen LogP contribution in [0.2, 0.25) is 0 Å². The molecule has 2 heterocycles. The quantitative estimate of drug-likeness (QED) is 0.401. The Hall–Kier alpha value is -4.43. The van der Waals surface area contributed by atoms with Gasteiger partial charge in [0, 0.05) is 30.8 Å². The number of nitrogens with zero attached hydrogens (tertiary/aromatic N) is 4. The highest BCUT2D eigenvalue weighted by molar-refractivity contribution is 6.02. The Kier molecular flexibility index (Phi) is 7.46. The number of hydrogen-bond donors (Lipinski definition) is 1. The van der Waals surface area contributed by atoms with Crippen LogP contribution in [0.15, 0.2) is 47.8 Å². The maximum Gasteiger partial charge on any atom is 0.370 e. The molecule has 0 saturated carbocycles. The zero-order valence-electron chi connectivity index (χ0n) is 19.3. The summed E-state index contributed by atoms with van der Waals surface area (Å²) < 4.78 is 34.3. The first-order valence-corrected chi connectivity index (χ1v) is 11.1. The van der Waals surface area contributed by atoms with E-state index in [-0.39, 0.29) is 39.3 Å². The standard InChI is InChI=1S/C25H21F2N5O4/c1-35-21-6-5-15(11-20(21)27)23-18(25(33)36-31-34)13-22(32-9-2-7-29-8-10-32)30-24(23)16-3-4-17(14-28)19(26)12-16/h3-6,11-13,29H,2,7-10H2,1H3. The molecule has 0 amide bonds. The van der Waals surface area contributed by atoms with Gasteiger partial charge in [0.05, 0.1) is 23.9 Å². The lowest BCUT2D eigenvalue weighted by Crippen LogP contribution is -2.29. The van der Waals surface area contributed by atoms with Gasteiger partial charge in [0.15, 0.2) is 16.9 Å². The van der Waals surface area contributed by atoms with Gasteiger partial charge in [-0.3, -0.25) is 4.84 Å². The normalized spacial score (nSPS) is 13.4. The van der Waals surface area contributed by atoms with Gasteiger partial charge in [-0.05, 0) is 48.9 Å². The molecule has 184 valence electrons. The fourth-order valence-electron chi connectivity index (χ4n) is 4.09. The number of anilines is 1. The molecule has 9 nitrogen and oxygen atoms in total. The van der Waals surface area contributed by atoms with Gasteiger partial charge in [-0.25, -0.2) is 18.6 Å². The van der Waals surface area contributed by atoms with Crippen LogP contribution < -0.4 is 15.0 Å². The molecule has 0 unspecified atom stereocenters. The van der Waals surface area contributed by atoms with E-state index in [2.05, 4.69) is 15.5 Å². The summed E-state index contributed by atoms with van der Waals surface area (Å²) in [6.45, 7) is 2.67. The van der Waals surface area contributed by atoms with Crippen LogP contribution in [0.1, 0.15) is 22.3 Å². The van der Waals surface area contributed by atoms with Crippen LogP contribution in [0.25, 0.3) is 22.4 Å². The second kappa shape index (κ2) is 10.9. The van der Waals surface area contributed by atoms with E-state index in [1.807, 2.05) is 4.90 Å². The third kappa shape index (κ3) is 4.99. The molecule has 3 aromatic rings. The van der Waals surface area contributed by atoms with E-state index in [0.29, 0.717) is 25.5 Å². The molecule has 4 rings (SSSR count). The van der Waals surface area contributed by atoms with Crippen LogP contribution in [-0.2, 0) is 4.84 Å². The van der Waals surface area contributed by atoms with Gasteiger partial charge >= 0.3 is 5.97 Å². The largest absolute Gasteiger partial charge is 0.494 e. The van der Waals surface area contributed by atoms with E-state index in [1.165, 1.54) is 37.4 Å². The van der Waals surface area contributed by atoms with Gasteiger partial charge in [-0.15, -0.1) is 4.91 Å². The van der Waals surface area contributed by atoms with Crippen molar-refractivity contribution < 1.29 is 23.1 Å². The van der Waals surface area contributed by atoms with Crippen LogP contribution in [0, 0.1) is 27.9 Å². The molecular formula is C25H21F2N5O4. The molecule has 1 fully saturated rings. The first-order chi connectivity index (χ1) is 17.5. The van der Waals surface area contributed by atoms with E-state index in [0.717, 1.165) is 25.1 Å². The van der Waals surface area contributed by atoms with Crippen molar-refractivity contribution in [1.82, 2.24) is 10.3 Å². The molecule has 1 aliphatic rings. The molecule has 0 aliphatic carbocycles. The average Bonchev–Trinajstić information content (AvgIpc) is 3.18. The summed E-state index contributed by atoms with van der Waals surface area (Å²) in [5.74, 6) is -2.21. The second-order valence-corrected chi connectivity index (χ2v) is 7.95. The summed E-state index contributed by atoms with van der Waals surface area (Å²) in [5, 5.41) is 14.7. The zero-order valence-corrected chi connectivity index (χ0v) is 19.3. The van der Waals surface area contributed by atoms with Crippen molar-refractivity contribution in [3.05, 3.63) is 70.1 Å². The maximum absolute atomic E-state index is 14.7. The first kappa shape index (κ1) is 24.7. The highest BCUT2D eigenvalue weighted by Crippen LogP contribution is 2.38. The smallest absolute Gasteiger partial charge is 0.370 e. The number of pyridine rings is 1. The van der Waals surface area contributed by atoms with Crippen molar-refractivity contribution in [1.29, 1.82) is 5.26 Å². The minimum Gasteiger partial charge on any atom is -0.494 e. The van der Waals surface area contributed by atoms with Crippen molar-refractivity contribution in [3.63, 3.8) is 0 Å². The fraction of sp³-hybridized carbons (Fsp3) is 0.240. The van der Waals surface area contributed by atoms with Gasteiger partial charge in [0.25, 0.3) is 0 Å². The molecule has 1 aromatic heterocycles. The van der Waals surface area contributed by atoms with E-state index in [1.54, 1.807) is 6.07 Å². The van der Waals surface area contributed by atoms with Crippen LogP contribution in [0.4, 0.5) is 14.6 Å². The van der Waals surface area contributed by atoms with Crippen LogP contribution >= 0.6 is 0 Å². The summed E-state index contributed by atoms with van der Waals surface area (Å²) in [6.07, 6.45) is 0.809. The third-order valence-electron chi connectivity index (χ3n) is 5.81. The number of halogens is 2. The number of methoxy groups -OCH3 is 1. The number of ether oxygens (including phenoxy) is 1. The minimum atomic E-state index is -1.08. The molecule has 1 N–H and O–H groups in total. The van der Waals surface area contributed by atoms with Gasteiger partial charge in [-0.2, -0.15) is 5.26 Å². The van der Waals surface area contributed by atoms with E-state index < -0.39 is 17.6 Å². The predicted molar refractivity (Wildman–Crippen MR) is 127 cm³/mol. The van der Waals surface area contributed by atoms with E-state index in [9.17, 15) is 18.5 Å². The number of carbonyl (C=O) groups excluding carboxylic acids is 1. The Morgan fingerprint density at radius 1 is 1.11 bits per heavy atom. The molecular weight excluding hydrogens is 472 g/mol. The molecule has 36 heavy (non-hydrogen) atoms. The zero-order chi connectivity index (χ0) is 25.7. The number of hydrogen-bond acceptors (Lipinski definition) is 9. The monoisotopic (exact) mass is 493 g/mol. The summed E-state index contributed by atoms with van der Waals surface area (Å²) in [6, 6.07) is 11.1. The first-order valence-electron chi connectivity index (χ1n) is 11.1. The lowest BCUT2D eigenvalue weighted by Gasteiger charge is -2.24. The summed E-state index contributed by atoms with van der Waals surface area (Å²) in [7, 11) is 1.31. The van der Waals surface area contributed by atoms with Crippen LogP contribution in [0.5, 0.6) is 5.75 Å². The van der Waals surface area contributed by atoms with Crippen LogP contribution in [-0.4, -0.2) is 44.2 Å². The van der Waals surface area contributed by atoms with Gasteiger partial charge < -0.3 is 15.0 Å². The number of carbonyl (C=O) groups is 1. The Bertz CT molecular complexity index is 1350. The average molecular weight is 493 g/mol. The predicted octanol–water partition coefficient (Wildman–Crippen LogP) is 4.21. The topological polar surface area (TPSA) is 117 Å². The number of rotatable bonds is 6. The minimum absolute atomic E-state index is 0.0231. The highest BCUT2D eigenvalue weighted by Gasteiger charge is 2.26. The molecule has 0 atom stereocenters. The molecule has 0 radical (unpaired) electrons. The van der Waals surface area contributed by atoms with Crippen molar-refractivity contribution >= 4 is 11.8 Å². The van der Waals surface area contributed by atoms with Crippen molar-refractivity contribution in [2.24, 2.45) is 5.34 Å². The number of benzene rings is 2. The Morgan fingerprint density at radius 2 is 1.89 bits per heavy atom. The third-order valence-corrected chi connectivity index (χ3v) is 5.81. The van der Waals surface area contributed by atoms with Crippen molar-refractivity contribution in [3.8, 4) is 34.2 Å². The Labute approximate surface area is 205 Å². The number of aromatic nitrogens is 1. The van der Waals surface area contributed by atoms with Crippen molar-refractivity contribution in [2.75, 3.05) is 38.2 Å². The summed E-state index contributed by atoms with van der Waals surface area (Å²) in [4.78, 5) is 34.8. The summed E-state index contributed by atoms with van der Waals surface area (Å²) in [5.41, 5.74) is 0.404. The lowest BCUT2D eigenvalue weighted by molar-refractivity contribution is 0.0509. The summed E-state index contributed by atoms with van der Waals surface area (Å²) >= 11 is 0. The lowest BCUT2D eigenvalue weighted by atomic mass is 9.93. The molecule has 1 saturated heterocycles. The van der Waals surface area contributed by atoms with Gasteiger partial charge in [-0.1, -0.05) is 12.1 Å².